The Hall–Kier alpha value is -0.810. The highest BCUT2D eigenvalue weighted by Crippen LogP contribution is 2.46. The van der Waals surface area contributed by atoms with Gasteiger partial charge in [0.1, 0.15) is 5.60 Å². The largest absolute Gasteiger partial charge is 0.444 e. The molecule has 5 heteroatoms. The van der Waals surface area contributed by atoms with Crippen molar-refractivity contribution in [3.8, 4) is 0 Å². The Kier molecular flexibility index (Phi) is 4.38. The fourth-order valence-electron chi connectivity index (χ4n) is 4.27. The van der Waals surface area contributed by atoms with Crippen LogP contribution in [-0.2, 0) is 4.74 Å². The van der Waals surface area contributed by atoms with Crippen LogP contribution in [0.15, 0.2) is 0 Å². The summed E-state index contributed by atoms with van der Waals surface area (Å²) < 4.78 is 5.48. The molecule has 3 aliphatic rings. The Morgan fingerprint density at radius 3 is 2.30 bits per heavy atom. The van der Waals surface area contributed by atoms with Gasteiger partial charge in [0.25, 0.3) is 0 Å². The molecule has 0 aromatic heterocycles. The van der Waals surface area contributed by atoms with Crippen molar-refractivity contribution < 1.29 is 9.53 Å². The van der Waals surface area contributed by atoms with Crippen molar-refractivity contribution in [1.82, 2.24) is 15.1 Å². The van der Waals surface area contributed by atoms with Crippen LogP contribution in [0.1, 0.15) is 41.0 Å². The Balaban J connectivity index is 1.46. The highest BCUT2D eigenvalue weighted by atomic mass is 16.6. The van der Waals surface area contributed by atoms with E-state index in [9.17, 15) is 4.79 Å². The van der Waals surface area contributed by atoms with Crippen LogP contribution >= 0.6 is 0 Å². The normalized spacial score (nSPS) is 40.9. The molecule has 1 saturated carbocycles. The van der Waals surface area contributed by atoms with Crippen LogP contribution in [-0.4, -0.2) is 66.3 Å². The molecule has 0 radical (unpaired) electrons. The summed E-state index contributed by atoms with van der Waals surface area (Å²) in [6, 6.07) is 1.88. The van der Waals surface area contributed by atoms with Gasteiger partial charge in [-0.1, -0.05) is 6.92 Å². The predicted molar refractivity (Wildman–Crippen MR) is 91.4 cm³/mol. The van der Waals surface area contributed by atoms with E-state index in [1.165, 1.54) is 13.0 Å². The Labute approximate surface area is 140 Å². The smallest absolute Gasteiger partial charge is 0.410 e. The van der Waals surface area contributed by atoms with Crippen molar-refractivity contribution in [2.45, 2.75) is 64.8 Å². The lowest BCUT2D eigenvalue weighted by Crippen LogP contribution is -2.52. The van der Waals surface area contributed by atoms with Gasteiger partial charge in [0, 0.05) is 37.8 Å². The summed E-state index contributed by atoms with van der Waals surface area (Å²) in [6.07, 6.45) is 1.08. The molecular weight excluding hydrogens is 290 g/mol. The van der Waals surface area contributed by atoms with Crippen LogP contribution in [0.3, 0.4) is 0 Å². The Bertz CT molecular complexity index is 450. The van der Waals surface area contributed by atoms with Crippen molar-refractivity contribution in [2.24, 2.45) is 17.8 Å². The van der Waals surface area contributed by atoms with Crippen LogP contribution in [0.5, 0.6) is 0 Å². The number of amides is 1. The molecule has 132 valence electrons. The molecule has 1 amide bonds. The molecule has 5 nitrogen and oxygen atoms in total. The first-order valence-corrected chi connectivity index (χ1v) is 9.10. The zero-order chi connectivity index (χ0) is 16.9. The number of hydrogen-bond acceptors (Lipinski definition) is 4. The molecule has 0 aromatic carbocycles. The number of carbonyl (C=O) groups excluding carboxylic acids is 1. The highest BCUT2D eigenvalue weighted by molar-refractivity contribution is 5.69. The lowest BCUT2D eigenvalue weighted by molar-refractivity contribution is 0.0266. The second-order valence-corrected chi connectivity index (χ2v) is 9.01. The zero-order valence-electron chi connectivity index (χ0n) is 15.5. The first kappa shape index (κ1) is 17.0. The van der Waals surface area contributed by atoms with E-state index in [0.29, 0.717) is 35.9 Å². The van der Waals surface area contributed by atoms with Crippen LogP contribution < -0.4 is 5.32 Å². The molecule has 5 unspecified atom stereocenters. The number of rotatable bonds is 2. The maximum atomic E-state index is 12.1. The third-order valence-corrected chi connectivity index (χ3v) is 5.86. The van der Waals surface area contributed by atoms with E-state index in [2.05, 4.69) is 31.1 Å². The first-order chi connectivity index (χ1) is 10.7. The predicted octanol–water partition coefficient (Wildman–Crippen LogP) is 2.17. The second-order valence-electron chi connectivity index (χ2n) is 9.01. The number of piperidine rings is 2. The van der Waals surface area contributed by atoms with Crippen molar-refractivity contribution in [3.63, 3.8) is 0 Å². The minimum absolute atomic E-state index is 0.148. The van der Waals surface area contributed by atoms with Crippen LogP contribution in [0.4, 0.5) is 4.79 Å². The van der Waals surface area contributed by atoms with E-state index in [1.54, 1.807) is 0 Å². The Morgan fingerprint density at radius 1 is 1.13 bits per heavy atom. The van der Waals surface area contributed by atoms with Gasteiger partial charge in [0.05, 0.1) is 0 Å². The van der Waals surface area contributed by atoms with Crippen molar-refractivity contribution in [1.29, 1.82) is 0 Å². The maximum absolute atomic E-state index is 12.1. The molecule has 1 aliphatic carbocycles. The second kappa shape index (κ2) is 5.92. The lowest BCUT2D eigenvalue weighted by Gasteiger charge is -2.40. The minimum atomic E-state index is -0.402. The SMILES string of the molecule is CC1CN(C)C(C)CC1NC1C2CN(C(=O)OC(C)(C)C)CC21. The summed E-state index contributed by atoms with van der Waals surface area (Å²) >= 11 is 0. The van der Waals surface area contributed by atoms with E-state index in [4.69, 9.17) is 4.74 Å². The summed E-state index contributed by atoms with van der Waals surface area (Å²) in [5, 5.41) is 3.90. The van der Waals surface area contributed by atoms with Gasteiger partial charge in [-0.2, -0.15) is 0 Å². The van der Waals surface area contributed by atoms with E-state index in [0.717, 1.165) is 13.1 Å². The van der Waals surface area contributed by atoms with E-state index in [1.807, 2.05) is 25.7 Å². The number of hydrogen-bond donors (Lipinski definition) is 1. The minimum Gasteiger partial charge on any atom is -0.444 e. The summed E-state index contributed by atoms with van der Waals surface area (Å²) in [6.45, 7) is 13.3. The lowest BCUT2D eigenvalue weighted by atomic mass is 9.89. The fraction of sp³-hybridized carbons (Fsp3) is 0.944. The van der Waals surface area contributed by atoms with Gasteiger partial charge in [-0.15, -0.1) is 0 Å². The molecule has 2 heterocycles. The summed E-state index contributed by atoms with van der Waals surface area (Å²) in [7, 11) is 2.22. The molecule has 0 bridgehead atoms. The van der Waals surface area contributed by atoms with Crippen molar-refractivity contribution in [3.05, 3.63) is 0 Å². The first-order valence-electron chi connectivity index (χ1n) is 9.10. The topological polar surface area (TPSA) is 44.8 Å². The van der Waals surface area contributed by atoms with E-state index in [-0.39, 0.29) is 6.09 Å². The molecule has 0 spiro atoms. The van der Waals surface area contributed by atoms with Gasteiger partial charge in [-0.3, -0.25) is 0 Å². The highest BCUT2D eigenvalue weighted by Gasteiger charge is 2.57. The molecule has 3 fully saturated rings. The molecule has 1 N–H and O–H groups in total. The number of ether oxygens (including phenoxy) is 1. The summed E-state index contributed by atoms with van der Waals surface area (Å²) in [4.78, 5) is 16.5. The van der Waals surface area contributed by atoms with Crippen LogP contribution in [0, 0.1) is 17.8 Å². The fourth-order valence-corrected chi connectivity index (χ4v) is 4.27. The molecule has 23 heavy (non-hydrogen) atoms. The molecule has 3 rings (SSSR count). The summed E-state index contributed by atoms with van der Waals surface area (Å²) in [5.41, 5.74) is -0.402. The standard InChI is InChI=1S/C18H33N3O2/c1-11-8-20(6)12(2)7-15(11)19-16-13-9-21(10-14(13)16)17(22)23-18(3,4)5/h11-16,19H,7-10H2,1-6H3. The third kappa shape index (κ3) is 3.66. The quantitative estimate of drug-likeness (QED) is 0.846. The number of likely N-dealkylation sites (tertiary alicyclic amines) is 2. The number of nitrogens with one attached hydrogen (secondary N) is 1. The molecule has 2 saturated heterocycles. The van der Waals surface area contributed by atoms with Crippen LogP contribution in [0.2, 0.25) is 0 Å². The number of nitrogens with zero attached hydrogens (tertiary/aromatic N) is 2. The maximum Gasteiger partial charge on any atom is 0.410 e. The average molecular weight is 323 g/mol. The van der Waals surface area contributed by atoms with Gasteiger partial charge >= 0.3 is 6.09 Å². The Morgan fingerprint density at radius 2 is 1.74 bits per heavy atom. The summed E-state index contributed by atoms with van der Waals surface area (Å²) in [5.74, 6) is 1.95. The van der Waals surface area contributed by atoms with Gasteiger partial charge < -0.3 is 19.9 Å². The average Bonchev–Trinajstić information content (AvgIpc) is 2.86. The molecular formula is C18H33N3O2. The van der Waals surface area contributed by atoms with E-state index >= 15 is 0 Å². The van der Waals surface area contributed by atoms with Crippen LogP contribution in [0.25, 0.3) is 0 Å². The van der Waals surface area contributed by atoms with Crippen molar-refractivity contribution in [2.75, 3.05) is 26.7 Å². The van der Waals surface area contributed by atoms with Crippen molar-refractivity contribution >= 4 is 6.09 Å². The zero-order valence-corrected chi connectivity index (χ0v) is 15.5. The molecule has 2 aliphatic heterocycles. The third-order valence-electron chi connectivity index (χ3n) is 5.86. The molecule has 5 atom stereocenters. The van der Waals surface area contributed by atoms with Gasteiger partial charge in [-0.05, 0) is 58.9 Å². The van der Waals surface area contributed by atoms with Gasteiger partial charge in [0.15, 0.2) is 0 Å². The monoisotopic (exact) mass is 323 g/mol. The van der Waals surface area contributed by atoms with Gasteiger partial charge in [-0.25, -0.2) is 4.79 Å². The molecule has 0 aromatic rings. The van der Waals surface area contributed by atoms with Gasteiger partial charge in [0.2, 0.25) is 0 Å². The number of carbonyl (C=O) groups is 1. The number of fused-ring (bicyclic) bond motifs is 1. The van der Waals surface area contributed by atoms with E-state index < -0.39 is 5.60 Å².